The van der Waals surface area contributed by atoms with Crippen LogP contribution in [0.15, 0.2) is 67.3 Å². The standard InChI is InChI=1S/C22H25ClN2O/c1-2-13-24-22(26)19-11-12-21(18-8-4-3-5-9-18)25(16-19)15-17-7-6-10-20(23)14-17/h2-10,14,19,21H,1,11-13,15-16H2,(H,24,26)/t19-,21-/m0/s1. The van der Waals surface area contributed by atoms with Crippen molar-refractivity contribution in [1.29, 1.82) is 0 Å². The largest absolute Gasteiger partial charge is 0.352 e. The molecule has 4 heteroatoms. The van der Waals surface area contributed by atoms with Gasteiger partial charge >= 0.3 is 0 Å². The van der Waals surface area contributed by atoms with Crippen molar-refractivity contribution in [2.24, 2.45) is 5.92 Å². The Labute approximate surface area is 160 Å². The molecule has 1 saturated heterocycles. The fourth-order valence-corrected chi connectivity index (χ4v) is 3.88. The smallest absolute Gasteiger partial charge is 0.224 e. The van der Waals surface area contributed by atoms with Crippen LogP contribution < -0.4 is 5.32 Å². The molecule has 1 aliphatic rings. The Hall–Kier alpha value is -2.10. The summed E-state index contributed by atoms with van der Waals surface area (Å²) in [5.41, 5.74) is 2.48. The molecular weight excluding hydrogens is 344 g/mol. The molecule has 2 aromatic rings. The molecule has 1 N–H and O–H groups in total. The van der Waals surface area contributed by atoms with Crippen molar-refractivity contribution < 1.29 is 4.79 Å². The van der Waals surface area contributed by atoms with E-state index in [4.69, 9.17) is 11.6 Å². The number of halogens is 1. The van der Waals surface area contributed by atoms with E-state index in [-0.39, 0.29) is 11.8 Å². The minimum atomic E-state index is 0.00842. The molecule has 1 aliphatic heterocycles. The molecule has 0 spiro atoms. The van der Waals surface area contributed by atoms with Gasteiger partial charge in [0.1, 0.15) is 0 Å². The van der Waals surface area contributed by atoms with Gasteiger partial charge in [-0.25, -0.2) is 0 Å². The van der Waals surface area contributed by atoms with E-state index in [2.05, 4.69) is 47.1 Å². The Morgan fingerprint density at radius 3 is 2.73 bits per heavy atom. The first-order chi connectivity index (χ1) is 12.7. The Morgan fingerprint density at radius 1 is 1.19 bits per heavy atom. The van der Waals surface area contributed by atoms with E-state index >= 15 is 0 Å². The van der Waals surface area contributed by atoms with Gasteiger partial charge in [-0.1, -0.05) is 60.1 Å². The maximum absolute atomic E-state index is 12.4. The Balaban J connectivity index is 1.79. The van der Waals surface area contributed by atoms with Crippen LogP contribution in [-0.2, 0) is 11.3 Å². The van der Waals surface area contributed by atoms with Crippen molar-refractivity contribution in [3.63, 3.8) is 0 Å². The van der Waals surface area contributed by atoms with Crippen LogP contribution in [0.2, 0.25) is 5.02 Å². The molecule has 0 aliphatic carbocycles. The van der Waals surface area contributed by atoms with Gasteiger partial charge in [-0.05, 0) is 36.1 Å². The first-order valence-corrected chi connectivity index (χ1v) is 9.47. The van der Waals surface area contributed by atoms with E-state index in [0.717, 1.165) is 31.0 Å². The molecule has 1 fully saturated rings. The van der Waals surface area contributed by atoms with Crippen molar-refractivity contribution in [1.82, 2.24) is 10.2 Å². The zero-order chi connectivity index (χ0) is 18.4. The second kappa shape index (κ2) is 9.02. The molecule has 3 rings (SSSR count). The molecular formula is C22H25ClN2O. The summed E-state index contributed by atoms with van der Waals surface area (Å²) in [6, 6.07) is 18.8. The summed E-state index contributed by atoms with van der Waals surface area (Å²) < 4.78 is 0. The van der Waals surface area contributed by atoms with E-state index in [9.17, 15) is 4.79 Å². The van der Waals surface area contributed by atoms with E-state index < -0.39 is 0 Å². The van der Waals surface area contributed by atoms with Gasteiger partial charge in [0.05, 0.1) is 5.92 Å². The maximum Gasteiger partial charge on any atom is 0.224 e. The molecule has 0 bridgehead atoms. The third kappa shape index (κ3) is 4.75. The number of likely N-dealkylation sites (tertiary alicyclic amines) is 1. The van der Waals surface area contributed by atoms with Crippen LogP contribution in [0.5, 0.6) is 0 Å². The second-order valence-corrected chi connectivity index (χ2v) is 7.23. The summed E-state index contributed by atoms with van der Waals surface area (Å²) in [6.45, 7) is 5.72. The minimum absolute atomic E-state index is 0.00842. The summed E-state index contributed by atoms with van der Waals surface area (Å²) in [6.07, 6.45) is 3.59. The number of benzene rings is 2. The number of hydrogen-bond acceptors (Lipinski definition) is 2. The van der Waals surface area contributed by atoms with Gasteiger partial charge in [0.2, 0.25) is 5.91 Å². The third-order valence-electron chi connectivity index (χ3n) is 4.93. The highest BCUT2D eigenvalue weighted by atomic mass is 35.5. The van der Waals surface area contributed by atoms with Crippen molar-refractivity contribution in [3.05, 3.63) is 83.4 Å². The lowest BCUT2D eigenvalue weighted by atomic mass is 9.88. The molecule has 0 unspecified atom stereocenters. The van der Waals surface area contributed by atoms with Crippen LogP contribution in [-0.4, -0.2) is 23.9 Å². The zero-order valence-electron chi connectivity index (χ0n) is 14.9. The molecule has 0 radical (unpaired) electrons. The lowest BCUT2D eigenvalue weighted by Gasteiger charge is -2.39. The fraction of sp³-hybridized carbons (Fsp3) is 0.318. The van der Waals surface area contributed by atoms with Crippen LogP contribution in [0.4, 0.5) is 0 Å². The summed E-state index contributed by atoms with van der Waals surface area (Å²) >= 11 is 6.16. The van der Waals surface area contributed by atoms with E-state index in [1.807, 2.05) is 24.3 Å². The Bertz CT molecular complexity index is 747. The molecule has 0 aromatic heterocycles. The topological polar surface area (TPSA) is 32.3 Å². The van der Waals surface area contributed by atoms with Crippen LogP contribution in [0.3, 0.4) is 0 Å². The lowest BCUT2D eigenvalue weighted by molar-refractivity contribution is -0.127. The lowest BCUT2D eigenvalue weighted by Crippen LogP contribution is -2.44. The molecule has 2 atom stereocenters. The average Bonchev–Trinajstić information content (AvgIpc) is 2.67. The van der Waals surface area contributed by atoms with Gasteiger partial charge in [0.25, 0.3) is 0 Å². The Morgan fingerprint density at radius 2 is 2.00 bits per heavy atom. The Kier molecular flexibility index (Phi) is 6.48. The minimum Gasteiger partial charge on any atom is -0.352 e. The van der Waals surface area contributed by atoms with Crippen molar-refractivity contribution in [3.8, 4) is 0 Å². The summed E-state index contributed by atoms with van der Waals surface area (Å²) in [7, 11) is 0. The molecule has 26 heavy (non-hydrogen) atoms. The highest BCUT2D eigenvalue weighted by molar-refractivity contribution is 6.30. The van der Waals surface area contributed by atoms with E-state index in [1.165, 1.54) is 11.1 Å². The fourth-order valence-electron chi connectivity index (χ4n) is 3.67. The van der Waals surface area contributed by atoms with Crippen LogP contribution in [0, 0.1) is 5.92 Å². The predicted molar refractivity (Wildman–Crippen MR) is 107 cm³/mol. The SMILES string of the molecule is C=CCNC(=O)[C@H]1CC[C@@H](c2ccccc2)N(Cc2cccc(Cl)c2)C1. The molecule has 3 nitrogen and oxygen atoms in total. The number of carbonyl (C=O) groups excluding carboxylic acids is 1. The van der Waals surface area contributed by atoms with E-state index in [0.29, 0.717) is 12.6 Å². The quantitative estimate of drug-likeness (QED) is 0.756. The average molecular weight is 369 g/mol. The number of piperidine rings is 1. The molecule has 136 valence electrons. The summed E-state index contributed by atoms with van der Waals surface area (Å²) in [4.78, 5) is 14.9. The van der Waals surface area contributed by atoms with Gasteiger partial charge < -0.3 is 5.32 Å². The van der Waals surface area contributed by atoms with Crippen LogP contribution in [0.1, 0.15) is 30.0 Å². The number of nitrogens with one attached hydrogen (secondary N) is 1. The van der Waals surface area contributed by atoms with Crippen molar-refractivity contribution >= 4 is 17.5 Å². The monoisotopic (exact) mass is 368 g/mol. The van der Waals surface area contributed by atoms with Crippen molar-refractivity contribution in [2.75, 3.05) is 13.1 Å². The normalized spacial score (nSPS) is 20.5. The van der Waals surface area contributed by atoms with Gasteiger partial charge in [-0.15, -0.1) is 6.58 Å². The number of amides is 1. The van der Waals surface area contributed by atoms with Gasteiger partial charge in [-0.2, -0.15) is 0 Å². The summed E-state index contributed by atoms with van der Waals surface area (Å²) in [5, 5.41) is 3.69. The van der Waals surface area contributed by atoms with Crippen LogP contribution >= 0.6 is 11.6 Å². The highest BCUT2D eigenvalue weighted by Crippen LogP contribution is 2.34. The maximum atomic E-state index is 12.4. The molecule has 1 amide bonds. The van der Waals surface area contributed by atoms with Crippen molar-refractivity contribution in [2.45, 2.75) is 25.4 Å². The molecule has 0 saturated carbocycles. The number of rotatable bonds is 6. The van der Waals surface area contributed by atoms with Crippen LogP contribution in [0.25, 0.3) is 0 Å². The van der Waals surface area contributed by atoms with Gasteiger partial charge in [-0.3, -0.25) is 9.69 Å². The number of nitrogens with zero attached hydrogens (tertiary/aromatic N) is 1. The van der Waals surface area contributed by atoms with E-state index in [1.54, 1.807) is 6.08 Å². The highest BCUT2D eigenvalue weighted by Gasteiger charge is 2.32. The third-order valence-corrected chi connectivity index (χ3v) is 5.17. The van der Waals surface area contributed by atoms with Gasteiger partial charge in [0, 0.05) is 30.7 Å². The summed E-state index contributed by atoms with van der Waals surface area (Å²) in [5.74, 6) is 0.126. The number of hydrogen-bond donors (Lipinski definition) is 1. The molecule has 2 aromatic carbocycles. The zero-order valence-corrected chi connectivity index (χ0v) is 15.7. The second-order valence-electron chi connectivity index (χ2n) is 6.79. The van der Waals surface area contributed by atoms with Gasteiger partial charge in [0.15, 0.2) is 0 Å². The molecule has 1 heterocycles. The first-order valence-electron chi connectivity index (χ1n) is 9.09. The first kappa shape index (κ1) is 18.7. The number of carbonyl (C=O) groups is 1. The predicted octanol–water partition coefficient (Wildman–Crippen LogP) is 4.60.